The van der Waals surface area contributed by atoms with E-state index in [1.165, 1.54) is 6.07 Å². The minimum Gasteiger partial charge on any atom is -0.352 e. The van der Waals surface area contributed by atoms with Crippen LogP contribution in [-0.4, -0.2) is 29.8 Å². The van der Waals surface area contributed by atoms with Crippen molar-refractivity contribution >= 4 is 29.1 Å². The van der Waals surface area contributed by atoms with E-state index in [4.69, 9.17) is 17.3 Å². The normalized spacial score (nSPS) is 16.4. The van der Waals surface area contributed by atoms with Crippen LogP contribution in [-0.2, 0) is 29.2 Å². The Morgan fingerprint density at radius 3 is 2.32 bits per heavy atom. The molecule has 8 heteroatoms. The zero-order chi connectivity index (χ0) is 32.9. The number of amides is 2. The molecule has 2 amide bonds. The molecule has 0 bridgehead atoms. The molecule has 5 aromatic rings. The summed E-state index contributed by atoms with van der Waals surface area (Å²) < 4.78 is 14.3. The Balaban J connectivity index is 1.38. The van der Waals surface area contributed by atoms with Crippen LogP contribution in [0, 0.1) is 5.82 Å². The fourth-order valence-corrected chi connectivity index (χ4v) is 6.44. The van der Waals surface area contributed by atoms with E-state index in [2.05, 4.69) is 29.6 Å². The molecule has 1 heterocycles. The molecule has 6 nitrogen and oxygen atoms in total. The summed E-state index contributed by atoms with van der Waals surface area (Å²) in [6, 6.07) is 36.8. The van der Waals surface area contributed by atoms with E-state index in [1.54, 1.807) is 29.2 Å². The highest BCUT2D eigenvalue weighted by Gasteiger charge is 2.40. The summed E-state index contributed by atoms with van der Waals surface area (Å²) in [5.74, 6) is -0.974. The summed E-state index contributed by atoms with van der Waals surface area (Å²) in [5.41, 5.74) is 13.0. The van der Waals surface area contributed by atoms with E-state index in [0.717, 1.165) is 39.1 Å². The second kappa shape index (κ2) is 14.3. The Labute approximate surface area is 279 Å². The summed E-state index contributed by atoms with van der Waals surface area (Å²) in [7, 11) is 1.86. The molecule has 0 aliphatic carbocycles. The van der Waals surface area contributed by atoms with Crippen molar-refractivity contribution in [2.45, 2.75) is 38.1 Å². The minimum atomic E-state index is -0.836. The zero-order valence-corrected chi connectivity index (χ0v) is 26.8. The monoisotopic (exact) mass is 646 g/mol. The molecule has 1 aliphatic rings. The molecular weight excluding hydrogens is 611 g/mol. The molecule has 238 valence electrons. The fourth-order valence-electron chi connectivity index (χ4n) is 6.26. The number of fused-ring (bicyclic) bond motifs is 1. The second-order valence-electron chi connectivity index (χ2n) is 11.8. The lowest BCUT2D eigenvalue weighted by atomic mass is 9.94. The van der Waals surface area contributed by atoms with E-state index in [-0.39, 0.29) is 24.8 Å². The minimum absolute atomic E-state index is 0.0193. The predicted molar refractivity (Wildman–Crippen MR) is 185 cm³/mol. The first-order valence-electron chi connectivity index (χ1n) is 15.6. The first-order chi connectivity index (χ1) is 22.8. The Morgan fingerprint density at radius 1 is 0.851 bits per heavy atom. The summed E-state index contributed by atoms with van der Waals surface area (Å²) >= 11 is 6.61. The number of nitrogens with one attached hydrogen (secondary N) is 1. The number of hydrogen-bond donors (Lipinski definition) is 2. The van der Waals surface area contributed by atoms with E-state index >= 15 is 0 Å². The van der Waals surface area contributed by atoms with Crippen molar-refractivity contribution in [2.24, 2.45) is 5.73 Å². The number of carbonyl (C=O) groups is 2. The molecule has 1 aliphatic heterocycles. The van der Waals surface area contributed by atoms with Gasteiger partial charge in [0.15, 0.2) is 0 Å². The van der Waals surface area contributed by atoms with Gasteiger partial charge in [-0.05, 0) is 64.7 Å². The quantitative estimate of drug-likeness (QED) is 0.177. The van der Waals surface area contributed by atoms with Crippen LogP contribution in [0.15, 0.2) is 121 Å². The zero-order valence-electron chi connectivity index (χ0n) is 26.1. The largest absolute Gasteiger partial charge is 0.352 e. The summed E-state index contributed by atoms with van der Waals surface area (Å²) in [6.45, 7) is 0.670. The van der Waals surface area contributed by atoms with Gasteiger partial charge in [-0.15, -0.1) is 0 Å². The van der Waals surface area contributed by atoms with Crippen molar-refractivity contribution in [1.82, 2.24) is 10.2 Å². The molecule has 47 heavy (non-hydrogen) atoms. The molecule has 3 N–H and O–H groups in total. The Bertz CT molecular complexity index is 1880. The number of anilines is 1. The maximum absolute atomic E-state index is 14.7. The SMILES string of the molecule is CN1C(CC(=O)NCc2ccccc2F)C(=O)N(Cc2ccc(-c3ccccc3)cc2)c2ccc(Cl)cc2C1c1cccc(CN)c1. The highest BCUT2D eigenvalue weighted by molar-refractivity contribution is 6.30. The molecule has 0 fully saturated rings. The van der Waals surface area contributed by atoms with Crippen LogP contribution >= 0.6 is 11.6 Å². The topological polar surface area (TPSA) is 78.7 Å². The number of halogens is 2. The van der Waals surface area contributed by atoms with E-state index in [1.807, 2.05) is 78.7 Å². The molecule has 0 saturated heterocycles. The van der Waals surface area contributed by atoms with Gasteiger partial charge < -0.3 is 16.0 Å². The van der Waals surface area contributed by atoms with Crippen molar-refractivity contribution in [3.63, 3.8) is 0 Å². The molecule has 0 saturated carbocycles. The van der Waals surface area contributed by atoms with Crippen molar-refractivity contribution in [3.05, 3.63) is 160 Å². The maximum atomic E-state index is 14.7. The lowest BCUT2D eigenvalue weighted by molar-refractivity contribution is -0.130. The molecular formula is C39H36ClFN4O2. The number of hydrogen-bond acceptors (Lipinski definition) is 4. The van der Waals surface area contributed by atoms with Crippen LogP contribution in [0.5, 0.6) is 0 Å². The molecule has 6 rings (SSSR count). The highest BCUT2D eigenvalue weighted by atomic mass is 35.5. The van der Waals surface area contributed by atoms with E-state index in [9.17, 15) is 14.0 Å². The average Bonchev–Trinajstić information content (AvgIpc) is 3.17. The Morgan fingerprint density at radius 2 is 1.57 bits per heavy atom. The number of nitrogens with zero attached hydrogens (tertiary/aromatic N) is 2. The molecule has 0 radical (unpaired) electrons. The van der Waals surface area contributed by atoms with E-state index in [0.29, 0.717) is 23.7 Å². The first-order valence-corrected chi connectivity index (χ1v) is 16.0. The summed E-state index contributed by atoms with van der Waals surface area (Å²) in [4.78, 5) is 31.8. The predicted octanol–water partition coefficient (Wildman–Crippen LogP) is 7.25. The van der Waals surface area contributed by atoms with Gasteiger partial charge in [0, 0.05) is 29.4 Å². The van der Waals surface area contributed by atoms with Gasteiger partial charge in [-0.3, -0.25) is 14.5 Å². The Kier molecular flexibility index (Phi) is 9.78. The van der Waals surface area contributed by atoms with Gasteiger partial charge in [-0.2, -0.15) is 0 Å². The number of nitrogens with two attached hydrogens (primary N) is 1. The molecule has 2 atom stereocenters. The number of carbonyl (C=O) groups excluding carboxylic acids is 2. The third kappa shape index (κ3) is 7.13. The van der Waals surface area contributed by atoms with E-state index < -0.39 is 17.9 Å². The van der Waals surface area contributed by atoms with Gasteiger partial charge in [-0.25, -0.2) is 4.39 Å². The summed E-state index contributed by atoms with van der Waals surface area (Å²) in [6.07, 6.45) is -0.123. The number of likely N-dealkylation sites (N-methyl/N-ethyl adjacent to an activating group) is 1. The summed E-state index contributed by atoms with van der Waals surface area (Å²) in [5, 5.41) is 3.36. The van der Waals surface area contributed by atoms with Crippen LogP contribution in [0.1, 0.15) is 40.3 Å². The third-order valence-electron chi connectivity index (χ3n) is 8.74. The van der Waals surface area contributed by atoms with Crippen molar-refractivity contribution in [3.8, 4) is 11.1 Å². The molecule has 0 spiro atoms. The maximum Gasteiger partial charge on any atom is 0.245 e. The van der Waals surface area contributed by atoms with Crippen molar-refractivity contribution < 1.29 is 14.0 Å². The van der Waals surface area contributed by atoms with Gasteiger partial charge in [0.25, 0.3) is 0 Å². The fraction of sp³-hybridized carbons (Fsp3) is 0.179. The Hall–Kier alpha value is -4.82. The first kappa shape index (κ1) is 32.1. The van der Waals surface area contributed by atoms with Gasteiger partial charge in [0.1, 0.15) is 5.82 Å². The number of benzene rings is 5. The van der Waals surface area contributed by atoms with Gasteiger partial charge in [0.2, 0.25) is 11.8 Å². The highest BCUT2D eigenvalue weighted by Crippen LogP contribution is 2.42. The standard InChI is InChI=1S/C39H36ClFN4O2/c1-44-36(22-37(46)43-24-31-11-5-6-13-34(31)41)39(47)45(25-26-14-16-29(17-15-26)28-9-3-2-4-10-28)35-19-18-32(40)21-33(35)38(44)30-12-7-8-27(20-30)23-42/h2-21,36,38H,22-25,42H2,1H3,(H,43,46). The molecule has 5 aromatic carbocycles. The van der Waals surface area contributed by atoms with Crippen LogP contribution < -0.4 is 16.0 Å². The molecule has 0 aromatic heterocycles. The van der Waals surface area contributed by atoms with Crippen LogP contribution in [0.4, 0.5) is 10.1 Å². The van der Waals surface area contributed by atoms with Crippen molar-refractivity contribution in [2.75, 3.05) is 11.9 Å². The van der Waals surface area contributed by atoms with Crippen LogP contribution in [0.25, 0.3) is 11.1 Å². The smallest absolute Gasteiger partial charge is 0.245 e. The van der Waals surface area contributed by atoms with Gasteiger partial charge in [0.05, 0.1) is 25.0 Å². The van der Waals surface area contributed by atoms with Crippen molar-refractivity contribution in [1.29, 1.82) is 0 Å². The number of rotatable bonds is 9. The second-order valence-corrected chi connectivity index (χ2v) is 12.2. The lowest BCUT2D eigenvalue weighted by Crippen LogP contribution is -2.48. The van der Waals surface area contributed by atoms with Gasteiger partial charge >= 0.3 is 0 Å². The van der Waals surface area contributed by atoms with Gasteiger partial charge in [-0.1, -0.05) is 109 Å². The lowest BCUT2D eigenvalue weighted by Gasteiger charge is -2.33. The average molecular weight is 647 g/mol. The third-order valence-corrected chi connectivity index (χ3v) is 8.98. The molecule has 2 unspecified atom stereocenters. The van der Waals surface area contributed by atoms with Crippen LogP contribution in [0.3, 0.4) is 0 Å². The van der Waals surface area contributed by atoms with Crippen LogP contribution in [0.2, 0.25) is 5.02 Å².